The number of aromatic nitrogens is 6. The standard InChI is InChI=1S/C12H12N8S/c1-8-3-2-4-9(5-8)21-12-17-10(19-13)16-11(18-12)20-7-14-6-15-20/h2-7H,13H2,1H3,(H,16,17,18,19). The lowest BCUT2D eigenvalue weighted by Crippen LogP contribution is -2.14. The monoisotopic (exact) mass is 300 g/mol. The van der Waals surface area contributed by atoms with Crippen LogP contribution in [0.5, 0.6) is 0 Å². The highest BCUT2D eigenvalue weighted by Crippen LogP contribution is 2.26. The first-order chi connectivity index (χ1) is 10.2. The number of rotatable bonds is 4. The second-order valence-electron chi connectivity index (χ2n) is 4.14. The average molecular weight is 300 g/mol. The summed E-state index contributed by atoms with van der Waals surface area (Å²) in [5, 5.41) is 4.52. The number of nitrogens with two attached hydrogens (primary N) is 1. The van der Waals surface area contributed by atoms with Crippen LogP contribution >= 0.6 is 11.8 Å². The van der Waals surface area contributed by atoms with Gasteiger partial charge in [-0.05, 0) is 30.8 Å². The molecule has 0 unspecified atom stereocenters. The van der Waals surface area contributed by atoms with E-state index in [1.807, 2.05) is 25.1 Å². The number of aryl methyl sites for hydroxylation is 1. The van der Waals surface area contributed by atoms with Gasteiger partial charge in [-0.2, -0.15) is 24.7 Å². The minimum absolute atomic E-state index is 0.269. The first kappa shape index (κ1) is 13.5. The van der Waals surface area contributed by atoms with Gasteiger partial charge >= 0.3 is 0 Å². The van der Waals surface area contributed by atoms with Crippen molar-refractivity contribution < 1.29 is 0 Å². The van der Waals surface area contributed by atoms with E-state index in [2.05, 4.69) is 36.5 Å². The van der Waals surface area contributed by atoms with Crippen LogP contribution in [0, 0.1) is 6.92 Å². The number of hydrogen-bond donors (Lipinski definition) is 2. The van der Waals surface area contributed by atoms with Gasteiger partial charge in [-0.25, -0.2) is 10.8 Å². The van der Waals surface area contributed by atoms with Crippen LogP contribution in [0.2, 0.25) is 0 Å². The summed E-state index contributed by atoms with van der Waals surface area (Å²) < 4.78 is 1.45. The maximum atomic E-state index is 5.40. The lowest BCUT2D eigenvalue weighted by molar-refractivity contribution is 0.759. The Labute approximate surface area is 124 Å². The van der Waals surface area contributed by atoms with E-state index >= 15 is 0 Å². The fraction of sp³-hybridized carbons (Fsp3) is 0.0833. The predicted octanol–water partition coefficient (Wildman–Crippen LogP) is 1.20. The van der Waals surface area contributed by atoms with Gasteiger partial charge in [0.25, 0.3) is 5.95 Å². The fourth-order valence-electron chi connectivity index (χ4n) is 1.65. The summed E-state index contributed by atoms with van der Waals surface area (Å²) in [6.07, 6.45) is 2.92. The van der Waals surface area contributed by atoms with Crippen molar-refractivity contribution in [3.63, 3.8) is 0 Å². The van der Waals surface area contributed by atoms with Crippen molar-refractivity contribution in [3.05, 3.63) is 42.5 Å². The average Bonchev–Trinajstić information content (AvgIpc) is 3.01. The van der Waals surface area contributed by atoms with E-state index in [1.54, 1.807) is 0 Å². The zero-order valence-electron chi connectivity index (χ0n) is 11.1. The molecule has 0 saturated carbocycles. The first-order valence-corrected chi connectivity index (χ1v) is 6.88. The van der Waals surface area contributed by atoms with Gasteiger partial charge in [-0.3, -0.25) is 5.43 Å². The lowest BCUT2D eigenvalue weighted by Gasteiger charge is -2.06. The summed E-state index contributed by atoms with van der Waals surface area (Å²) >= 11 is 1.42. The zero-order chi connectivity index (χ0) is 14.7. The van der Waals surface area contributed by atoms with Gasteiger partial charge in [0, 0.05) is 4.90 Å². The summed E-state index contributed by atoms with van der Waals surface area (Å²) in [7, 11) is 0. The van der Waals surface area contributed by atoms with Crippen molar-refractivity contribution in [2.75, 3.05) is 5.43 Å². The van der Waals surface area contributed by atoms with Gasteiger partial charge in [-0.15, -0.1) is 0 Å². The Morgan fingerprint density at radius 2 is 2.14 bits per heavy atom. The highest BCUT2D eigenvalue weighted by atomic mass is 32.2. The molecule has 0 radical (unpaired) electrons. The van der Waals surface area contributed by atoms with Crippen molar-refractivity contribution in [2.24, 2.45) is 5.84 Å². The SMILES string of the molecule is Cc1cccc(Sc2nc(NN)nc(-n3cncn3)n2)c1. The molecule has 21 heavy (non-hydrogen) atoms. The third-order valence-electron chi connectivity index (χ3n) is 2.55. The summed E-state index contributed by atoms with van der Waals surface area (Å²) in [6.45, 7) is 2.03. The quantitative estimate of drug-likeness (QED) is 0.546. The van der Waals surface area contributed by atoms with E-state index in [0.29, 0.717) is 11.1 Å². The Morgan fingerprint density at radius 1 is 1.24 bits per heavy atom. The third kappa shape index (κ3) is 3.15. The molecule has 2 aromatic heterocycles. The molecule has 0 amide bonds. The number of benzene rings is 1. The van der Waals surface area contributed by atoms with E-state index in [0.717, 1.165) is 4.90 Å². The van der Waals surface area contributed by atoms with Crippen molar-refractivity contribution in [1.29, 1.82) is 0 Å². The van der Waals surface area contributed by atoms with Crippen LogP contribution in [0.15, 0.2) is 47.0 Å². The van der Waals surface area contributed by atoms with Crippen molar-refractivity contribution in [2.45, 2.75) is 17.0 Å². The smallest absolute Gasteiger partial charge is 0.257 e. The number of nitrogens with one attached hydrogen (secondary N) is 1. The molecule has 2 heterocycles. The molecule has 0 fully saturated rings. The van der Waals surface area contributed by atoms with E-state index < -0.39 is 0 Å². The number of nitrogens with zero attached hydrogens (tertiary/aromatic N) is 6. The predicted molar refractivity (Wildman–Crippen MR) is 77.9 cm³/mol. The maximum Gasteiger partial charge on any atom is 0.257 e. The Morgan fingerprint density at radius 3 is 2.86 bits per heavy atom. The third-order valence-corrected chi connectivity index (χ3v) is 3.41. The van der Waals surface area contributed by atoms with Crippen molar-refractivity contribution in [1.82, 2.24) is 29.7 Å². The second kappa shape index (κ2) is 5.85. The topological polar surface area (TPSA) is 107 Å². The fourth-order valence-corrected chi connectivity index (χ4v) is 2.52. The van der Waals surface area contributed by atoms with Crippen molar-refractivity contribution in [3.8, 4) is 5.95 Å². The Bertz CT molecular complexity index is 743. The van der Waals surface area contributed by atoms with Crippen molar-refractivity contribution >= 4 is 17.7 Å². The molecule has 0 atom stereocenters. The van der Waals surface area contributed by atoms with E-state index in [4.69, 9.17) is 5.84 Å². The van der Waals surface area contributed by atoms with Gasteiger partial charge in [0.1, 0.15) is 12.7 Å². The minimum atomic E-state index is 0.269. The Balaban J connectivity index is 1.96. The van der Waals surface area contributed by atoms with E-state index in [9.17, 15) is 0 Å². The van der Waals surface area contributed by atoms with Crippen LogP contribution in [0.4, 0.5) is 5.95 Å². The van der Waals surface area contributed by atoms with Crippen LogP contribution < -0.4 is 11.3 Å². The highest BCUT2D eigenvalue weighted by Gasteiger charge is 2.09. The largest absolute Gasteiger partial charge is 0.292 e. The molecule has 3 rings (SSSR count). The van der Waals surface area contributed by atoms with Crippen LogP contribution in [0.3, 0.4) is 0 Å². The number of nitrogen functional groups attached to an aromatic ring is 1. The van der Waals surface area contributed by atoms with Crippen LogP contribution in [-0.4, -0.2) is 29.7 Å². The number of hydrazine groups is 1. The van der Waals surface area contributed by atoms with Gasteiger partial charge < -0.3 is 0 Å². The molecule has 0 bridgehead atoms. The molecule has 3 N–H and O–H groups in total. The van der Waals surface area contributed by atoms with Gasteiger partial charge in [-0.1, -0.05) is 17.7 Å². The molecule has 3 aromatic rings. The molecule has 9 heteroatoms. The summed E-state index contributed by atoms with van der Waals surface area (Å²) in [6, 6.07) is 8.07. The molecule has 0 saturated heterocycles. The molecule has 106 valence electrons. The van der Waals surface area contributed by atoms with Gasteiger partial charge in [0.15, 0.2) is 5.16 Å². The van der Waals surface area contributed by atoms with E-state index in [-0.39, 0.29) is 5.95 Å². The van der Waals surface area contributed by atoms with Crippen LogP contribution in [-0.2, 0) is 0 Å². The minimum Gasteiger partial charge on any atom is -0.292 e. The van der Waals surface area contributed by atoms with E-state index in [1.165, 1.54) is 34.7 Å². The molecule has 0 spiro atoms. The summed E-state index contributed by atoms with van der Waals surface area (Å²) in [4.78, 5) is 17.6. The lowest BCUT2D eigenvalue weighted by atomic mass is 10.2. The van der Waals surface area contributed by atoms with Gasteiger partial charge in [0.2, 0.25) is 5.95 Å². The molecule has 0 aliphatic carbocycles. The highest BCUT2D eigenvalue weighted by molar-refractivity contribution is 7.99. The molecular weight excluding hydrogens is 288 g/mol. The molecule has 8 nitrogen and oxygen atoms in total. The van der Waals surface area contributed by atoms with Crippen LogP contribution in [0.1, 0.15) is 5.56 Å². The zero-order valence-corrected chi connectivity index (χ0v) is 11.9. The maximum absolute atomic E-state index is 5.40. The number of anilines is 1. The normalized spacial score (nSPS) is 10.6. The molecular formula is C12H12N8S. The second-order valence-corrected chi connectivity index (χ2v) is 5.19. The Hall–Kier alpha value is -2.52. The number of hydrogen-bond acceptors (Lipinski definition) is 8. The molecule has 0 aliphatic rings. The Kier molecular flexibility index (Phi) is 3.75. The summed E-state index contributed by atoms with van der Waals surface area (Å²) in [5.41, 5.74) is 3.60. The van der Waals surface area contributed by atoms with Crippen LogP contribution in [0.25, 0.3) is 5.95 Å². The van der Waals surface area contributed by atoms with Gasteiger partial charge in [0.05, 0.1) is 0 Å². The first-order valence-electron chi connectivity index (χ1n) is 6.07. The molecule has 0 aliphatic heterocycles. The molecule has 1 aromatic carbocycles. The summed E-state index contributed by atoms with van der Waals surface area (Å²) in [5.74, 6) is 6.02.